The van der Waals surface area contributed by atoms with Crippen LogP contribution in [-0.4, -0.2) is 29.7 Å². The van der Waals surface area contributed by atoms with Gasteiger partial charge in [0, 0.05) is 18.2 Å². The molecule has 0 saturated heterocycles. The summed E-state index contributed by atoms with van der Waals surface area (Å²) in [4.78, 5) is 2.48. The maximum atomic E-state index is 9.99. The summed E-state index contributed by atoms with van der Waals surface area (Å²) in [6.45, 7) is 4.04. The van der Waals surface area contributed by atoms with Gasteiger partial charge in [0.25, 0.3) is 0 Å². The van der Waals surface area contributed by atoms with Crippen molar-refractivity contribution in [1.29, 1.82) is 0 Å². The molecule has 2 rings (SSSR count). The highest BCUT2D eigenvalue weighted by Gasteiger charge is 2.20. The Balaban J connectivity index is 2.08. The first-order valence-electron chi connectivity index (χ1n) is 7.34. The molecule has 3 heteroatoms. The molecule has 3 nitrogen and oxygen atoms in total. The molecular weight excluding hydrogens is 238 g/mol. The highest BCUT2D eigenvalue weighted by Crippen LogP contribution is 2.28. The normalized spacial score (nSPS) is 16.8. The number of phenols is 1. The standard InChI is InChI=1S/C16H25NO2/c1-3-17(14-7-5-4-6-8-14)12-13-11-15(19-2)9-10-16(13)18/h9-11,14,18H,3-8,12H2,1-2H3. The van der Waals surface area contributed by atoms with Gasteiger partial charge in [-0.3, -0.25) is 4.90 Å². The van der Waals surface area contributed by atoms with E-state index in [0.29, 0.717) is 11.8 Å². The Bertz CT molecular complexity index is 400. The first-order chi connectivity index (χ1) is 9.24. The average molecular weight is 263 g/mol. The third-order valence-electron chi connectivity index (χ3n) is 4.16. The zero-order valence-electron chi connectivity index (χ0n) is 12.1. The van der Waals surface area contributed by atoms with Crippen molar-refractivity contribution in [3.8, 4) is 11.5 Å². The fourth-order valence-electron chi connectivity index (χ4n) is 2.98. The van der Waals surface area contributed by atoms with Crippen molar-refractivity contribution in [2.75, 3.05) is 13.7 Å². The van der Waals surface area contributed by atoms with E-state index in [1.807, 2.05) is 6.07 Å². The van der Waals surface area contributed by atoms with Gasteiger partial charge in [-0.25, -0.2) is 0 Å². The van der Waals surface area contributed by atoms with E-state index in [0.717, 1.165) is 24.4 Å². The van der Waals surface area contributed by atoms with E-state index in [9.17, 15) is 5.11 Å². The predicted octanol–water partition coefficient (Wildman–Crippen LogP) is 3.56. The van der Waals surface area contributed by atoms with Crippen LogP contribution in [0.15, 0.2) is 18.2 Å². The second-order valence-electron chi connectivity index (χ2n) is 5.35. The van der Waals surface area contributed by atoms with Gasteiger partial charge >= 0.3 is 0 Å². The SMILES string of the molecule is CCN(Cc1cc(OC)ccc1O)C1CCCCC1. The number of methoxy groups -OCH3 is 1. The first kappa shape index (κ1) is 14.2. The number of rotatable bonds is 5. The minimum absolute atomic E-state index is 0.370. The van der Waals surface area contributed by atoms with Gasteiger partial charge in [0.05, 0.1) is 7.11 Å². The van der Waals surface area contributed by atoms with Crippen molar-refractivity contribution < 1.29 is 9.84 Å². The van der Waals surface area contributed by atoms with Crippen LogP contribution in [0.1, 0.15) is 44.6 Å². The highest BCUT2D eigenvalue weighted by molar-refractivity contribution is 5.39. The van der Waals surface area contributed by atoms with E-state index in [4.69, 9.17) is 4.74 Å². The van der Waals surface area contributed by atoms with Gasteiger partial charge in [-0.2, -0.15) is 0 Å². The van der Waals surface area contributed by atoms with Gasteiger partial charge in [-0.1, -0.05) is 26.2 Å². The molecule has 0 bridgehead atoms. The molecule has 1 aromatic carbocycles. The number of ether oxygens (including phenoxy) is 1. The molecule has 1 N–H and O–H groups in total. The summed E-state index contributed by atoms with van der Waals surface area (Å²) in [7, 11) is 1.66. The zero-order valence-corrected chi connectivity index (χ0v) is 12.1. The van der Waals surface area contributed by atoms with Gasteiger partial charge in [-0.05, 0) is 37.6 Å². The lowest BCUT2D eigenvalue weighted by Crippen LogP contribution is -2.36. The molecule has 0 spiro atoms. The number of benzene rings is 1. The Morgan fingerprint density at radius 2 is 2.00 bits per heavy atom. The summed E-state index contributed by atoms with van der Waals surface area (Å²) in [5.74, 6) is 1.18. The van der Waals surface area contributed by atoms with Gasteiger partial charge in [-0.15, -0.1) is 0 Å². The Kier molecular flexibility index (Phi) is 5.08. The van der Waals surface area contributed by atoms with Crippen molar-refractivity contribution in [2.45, 2.75) is 51.6 Å². The molecule has 0 radical (unpaired) electrons. The van der Waals surface area contributed by atoms with Crippen molar-refractivity contribution >= 4 is 0 Å². The van der Waals surface area contributed by atoms with Gasteiger partial charge in [0.1, 0.15) is 11.5 Å². The third-order valence-corrected chi connectivity index (χ3v) is 4.16. The number of hydrogen-bond acceptors (Lipinski definition) is 3. The summed E-state index contributed by atoms with van der Waals surface area (Å²) in [6, 6.07) is 6.14. The van der Waals surface area contributed by atoms with Crippen molar-refractivity contribution in [1.82, 2.24) is 4.90 Å². The predicted molar refractivity (Wildman–Crippen MR) is 77.6 cm³/mol. The Morgan fingerprint density at radius 3 is 2.63 bits per heavy atom. The Hall–Kier alpha value is -1.22. The van der Waals surface area contributed by atoms with Crippen LogP contribution in [0, 0.1) is 0 Å². The maximum absolute atomic E-state index is 9.99. The van der Waals surface area contributed by atoms with Gasteiger partial charge in [0.15, 0.2) is 0 Å². The fraction of sp³-hybridized carbons (Fsp3) is 0.625. The summed E-state index contributed by atoms with van der Waals surface area (Å²) in [5, 5.41) is 9.99. The van der Waals surface area contributed by atoms with E-state index in [-0.39, 0.29) is 0 Å². The molecule has 0 aliphatic heterocycles. The Morgan fingerprint density at radius 1 is 1.26 bits per heavy atom. The molecule has 0 unspecified atom stereocenters. The topological polar surface area (TPSA) is 32.7 Å². The monoisotopic (exact) mass is 263 g/mol. The van der Waals surface area contributed by atoms with Crippen LogP contribution < -0.4 is 4.74 Å². The van der Waals surface area contributed by atoms with E-state index >= 15 is 0 Å². The lowest BCUT2D eigenvalue weighted by Gasteiger charge is -2.33. The molecule has 19 heavy (non-hydrogen) atoms. The largest absolute Gasteiger partial charge is 0.508 e. The van der Waals surface area contributed by atoms with Gasteiger partial charge in [0.2, 0.25) is 0 Å². The quantitative estimate of drug-likeness (QED) is 0.881. The minimum atomic E-state index is 0.370. The number of hydrogen-bond donors (Lipinski definition) is 1. The van der Waals surface area contributed by atoms with E-state index in [1.165, 1.54) is 32.1 Å². The van der Waals surface area contributed by atoms with Crippen molar-refractivity contribution in [3.63, 3.8) is 0 Å². The van der Waals surface area contributed by atoms with Crippen LogP contribution in [-0.2, 0) is 6.54 Å². The average Bonchev–Trinajstić information content (AvgIpc) is 2.47. The van der Waals surface area contributed by atoms with Gasteiger partial charge < -0.3 is 9.84 Å². The summed E-state index contributed by atoms with van der Waals surface area (Å²) in [6.07, 6.45) is 6.63. The zero-order chi connectivity index (χ0) is 13.7. The lowest BCUT2D eigenvalue weighted by atomic mass is 9.94. The van der Waals surface area contributed by atoms with Crippen LogP contribution >= 0.6 is 0 Å². The van der Waals surface area contributed by atoms with Crippen molar-refractivity contribution in [3.05, 3.63) is 23.8 Å². The molecular formula is C16H25NO2. The van der Waals surface area contributed by atoms with E-state index in [1.54, 1.807) is 19.2 Å². The second-order valence-corrected chi connectivity index (χ2v) is 5.35. The molecule has 1 saturated carbocycles. The molecule has 0 amide bonds. The van der Waals surface area contributed by atoms with Crippen molar-refractivity contribution in [2.24, 2.45) is 0 Å². The molecule has 0 heterocycles. The summed E-state index contributed by atoms with van der Waals surface area (Å²) >= 11 is 0. The van der Waals surface area contributed by atoms with Crippen LogP contribution in [0.5, 0.6) is 11.5 Å². The minimum Gasteiger partial charge on any atom is -0.508 e. The molecule has 1 aliphatic carbocycles. The first-order valence-corrected chi connectivity index (χ1v) is 7.34. The fourth-order valence-corrected chi connectivity index (χ4v) is 2.98. The molecule has 1 fully saturated rings. The number of phenolic OH excluding ortho intramolecular Hbond substituents is 1. The van der Waals surface area contributed by atoms with E-state index in [2.05, 4.69) is 11.8 Å². The molecule has 0 aromatic heterocycles. The Labute approximate surface area is 116 Å². The van der Waals surface area contributed by atoms with Crippen LogP contribution in [0.2, 0.25) is 0 Å². The van der Waals surface area contributed by atoms with E-state index < -0.39 is 0 Å². The van der Waals surface area contributed by atoms with Crippen LogP contribution in [0.25, 0.3) is 0 Å². The molecule has 106 valence electrons. The molecule has 1 aromatic rings. The summed E-state index contributed by atoms with van der Waals surface area (Å²) in [5.41, 5.74) is 0.965. The van der Waals surface area contributed by atoms with Crippen LogP contribution in [0.3, 0.4) is 0 Å². The summed E-state index contributed by atoms with van der Waals surface area (Å²) < 4.78 is 5.24. The maximum Gasteiger partial charge on any atom is 0.120 e. The van der Waals surface area contributed by atoms with Crippen LogP contribution in [0.4, 0.5) is 0 Å². The highest BCUT2D eigenvalue weighted by atomic mass is 16.5. The second kappa shape index (κ2) is 6.80. The molecule has 1 aliphatic rings. The number of nitrogens with zero attached hydrogens (tertiary/aromatic N) is 1. The number of aromatic hydroxyl groups is 1. The lowest BCUT2D eigenvalue weighted by molar-refractivity contribution is 0.154. The molecule has 0 atom stereocenters. The third kappa shape index (κ3) is 3.63. The smallest absolute Gasteiger partial charge is 0.120 e.